The average molecular weight is 547 g/mol. The molecule has 1 atom stereocenters. The number of rotatable bonds is 5. The maximum absolute atomic E-state index is 13.2. The van der Waals surface area contributed by atoms with Crippen molar-refractivity contribution in [3.63, 3.8) is 0 Å². The highest BCUT2D eigenvalue weighted by Crippen LogP contribution is 2.49. The summed E-state index contributed by atoms with van der Waals surface area (Å²) >= 11 is 18.4. The van der Waals surface area contributed by atoms with Crippen LogP contribution in [-0.4, -0.2) is 18.3 Å². The third-order valence-corrected chi connectivity index (χ3v) is 7.00. The van der Waals surface area contributed by atoms with E-state index in [-0.39, 0.29) is 46.5 Å². The number of carbonyl (C=O) groups is 2. The summed E-state index contributed by atoms with van der Waals surface area (Å²) in [6, 6.07) is 11.7. The summed E-state index contributed by atoms with van der Waals surface area (Å²) in [5, 5.41) is 13.4. The fourth-order valence-electron chi connectivity index (χ4n) is 4.40. The third kappa shape index (κ3) is 5.17. The van der Waals surface area contributed by atoms with Crippen molar-refractivity contribution < 1.29 is 19.1 Å². The zero-order valence-corrected chi connectivity index (χ0v) is 21.7. The normalized spacial score (nSPS) is 18.8. The number of ketones is 1. The van der Waals surface area contributed by atoms with Crippen molar-refractivity contribution in [1.29, 1.82) is 5.26 Å². The zero-order valence-electron chi connectivity index (χ0n) is 19.5. The molecule has 0 spiro atoms. The zero-order chi connectivity index (χ0) is 26.2. The van der Waals surface area contributed by atoms with Gasteiger partial charge in [-0.25, -0.2) is 0 Å². The van der Waals surface area contributed by atoms with Crippen LogP contribution in [0.2, 0.25) is 15.1 Å². The molecule has 2 aromatic carbocycles. The molecule has 1 aliphatic carbocycles. The number of halogens is 3. The van der Waals surface area contributed by atoms with E-state index in [0.29, 0.717) is 39.0 Å². The Labute approximate surface area is 223 Å². The van der Waals surface area contributed by atoms with Gasteiger partial charge in [-0.1, -0.05) is 54.7 Å². The van der Waals surface area contributed by atoms with Crippen LogP contribution in [0, 0.1) is 16.7 Å². The minimum absolute atomic E-state index is 0.0732. The van der Waals surface area contributed by atoms with Crippen LogP contribution in [0.4, 0.5) is 5.69 Å². The van der Waals surface area contributed by atoms with E-state index in [9.17, 15) is 14.9 Å². The van der Waals surface area contributed by atoms with Crippen molar-refractivity contribution in [2.75, 3.05) is 11.9 Å². The van der Waals surface area contributed by atoms with Gasteiger partial charge in [0.1, 0.15) is 23.2 Å². The highest BCUT2D eigenvalue weighted by molar-refractivity contribution is 6.44. The van der Waals surface area contributed by atoms with Crippen molar-refractivity contribution in [3.8, 4) is 11.8 Å². The van der Waals surface area contributed by atoms with E-state index in [1.807, 2.05) is 13.8 Å². The smallest absolute Gasteiger partial charge is 0.262 e. The number of hydrogen-bond donors (Lipinski definition) is 2. The second kappa shape index (κ2) is 10.1. The van der Waals surface area contributed by atoms with Crippen LogP contribution in [0.25, 0.3) is 0 Å². The lowest BCUT2D eigenvalue weighted by Gasteiger charge is -2.37. The number of amides is 1. The number of ether oxygens (including phenoxy) is 2. The van der Waals surface area contributed by atoms with Gasteiger partial charge in [-0.2, -0.15) is 5.26 Å². The topological polar surface area (TPSA) is 114 Å². The molecule has 4 rings (SSSR count). The number of nitrogens with two attached hydrogens (primary N) is 1. The Morgan fingerprint density at radius 1 is 1.25 bits per heavy atom. The average Bonchev–Trinajstić information content (AvgIpc) is 2.79. The molecule has 1 unspecified atom stereocenters. The SMILES string of the molecule is CC1(C)CC(=O)C2=C(C1)OC(N)=C(C#N)C2c1cc(Cl)ccc1OCC(=O)Nc1cccc(Cl)c1Cl. The third-order valence-electron chi connectivity index (χ3n) is 5.94. The van der Waals surface area contributed by atoms with Crippen molar-refractivity contribution in [2.24, 2.45) is 11.1 Å². The van der Waals surface area contributed by atoms with Gasteiger partial charge in [0, 0.05) is 29.0 Å². The molecule has 0 fully saturated rings. The number of nitrogens with one attached hydrogen (secondary N) is 1. The molecule has 0 saturated carbocycles. The molecular weight excluding hydrogens is 525 g/mol. The van der Waals surface area contributed by atoms with E-state index in [0.717, 1.165) is 0 Å². The molecule has 0 aromatic heterocycles. The minimum Gasteiger partial charge on any atom is -0.483 e. The molecule has 0 saturated heterocycles. The first-order valence-corrected chi connectivity index (χ1v) is 12.1. The van der Waals surface area contributed by atoms with Crippen molar-refractivity contribution in [2.45, 2.75) is 32.6 Å². The van der Waals surface area contributed by atoms with E-state index in [1.165, 1.54) is 0 Å². The molecule has 1 amide bonds. The van der Waals surface area contributed by atoms with Gasteiger partial charge in [-0.3, -0.25) is 9.59 Å². The molecule has 0 bridgehead atoms. The van der Waals surface area contributed by atoms with Crippen molar-refractivity contribution >= 4 is 52.2 Å². The summed E-state index contributed by atoms with van der Waals surface area (Å²) in [7, 11) is 0. The van der Waals surface area contributed by atoms with E-state index in [1.54, 1.807) is 36.4 Å². The largest absolute Gasteiger partial charge is 0.483 e. The Hall–Kier alpha value is -3.18. The molecule has 10 heteroatoms. The summed E-state index contributed by atoms with van der Waals surface area (Å²) in [5.74, 6) is -0.864. The number of Topliss-reactive ketones (excluding diaryl/α,β-unsaturated/α-hetero) is 1. The number of carbonyl (C=O) groups excluding carboxylic acids is 2. The first kappa shape index (κ1) is 25.9. The van der Waals surface area contributed by atoms with Crippen molar-refractivity contribution in [3.05, 3.63) is 79.8 Å². The molecule has 1 aliphatic heterocycles. The summed E-state index contributed by atoms with van der Waals surface area (Å²) in [6.07, 6.45) is 0.757. The number of benzene rings is 2. The Balaban J connectivity index is 1.68. The maximum Gasteiger partial charge on any atom is 0.262 e. The van der Waals surface area contributed by atoms with Gasteiger partial charge < -0.3 is 20.5 Å². The molecule has 0 radical (unpaired) electrons. The van der Waals surface area contributed by atoms with Gasteiger partial charge in [0.2, 0.25) is 5.88 Å². The number of hydrogen-bond acceptors (Lipinski definition) is 6. The standard InChI is InChI=1S/C26H22Cl3N3O4/c1-26(2)9-18(33)23-20(10-26)36-25(31)15(11-30)22(23)14-8-13(27)6-7-19(14)35-12-21(34)32-17-5-3-4-16(28)24(17)29/h3-8,22H,9-10,12,31H2,1-2H3,(H,32,34). The lowest BCUT2D eigenvalue weighted by Crippen LogP contribution is -2.33. The molecule has 2 aromatic rings. The summed E-state index contributed by atoms with van der Waals surface area (Å²) in [4.78, 5) is 25.8. The molecule has 186 valence electrons. The lowest BCUT2D eigenvalue weighted by molar-refractivity contribution is -0.119. The van der Waals surface area contributed by atoms with E-state index >= 15 is 0 Å². The highest BCUT2D eigenvalue weighted by Gasteiger charge is 2.43. The Morgan fingerprint density at radius 2 is 2.00 bits per heavy atom. The molecule has 36 heavy (non-hydrogen) atoms. The van der Waals surface area contributed by atoms with Gasteiger partial charge in [-0.05, 0) is 35.7 Å². The fraction of sp³-hybridized carbons (Fsp3) is 0.269. The maximum atomic E-state index is 13.2. The summed E-state index contributed by atoms with van der Waals surface area (Å²) in [5.41, 5.74) is 6.98. The number of nitriles is 1. The van der Waals surface area contributed by atoms with Gasteiger partial charge >= 0.3 is 0 Å². The van der Waals surface area contributed by atoms with Crippen LogP contribution in [0.15, 0.2) is 59.2 Å². The molecule has 7 nitrogen and oxygen atoms in total. The molecule has 1 heterocycles. The second-order valence-electron chi connectivity index (χ2n) is 9.32. The monoisotopic (exact) mass is 545 g/mol. The van der Waals surface area contributed by atoms with Gasteiger partial charge in [0.15, 0.2) is 12.4 Å². The first-order valence-electron chi connectivity index (χ1n) is 11.0. The number of anilines is 1. The van der Waals surface area contributed by atoms with E-state index in [2.05, 4.69) is 11.4 Å². The van der Waals surface area contributed by atoms with Crippen LogP contribution < -0.4 is 15.8 Å². The predicted octanol–water partition coefficient (Wildman–Crippen LogP) is 6.12. The summed E-state index contributed by atoms with van der Waals surface area (Å²) in [6.45, 7) is 3.55. The molecule has 2 aliphatic rings. The van der Waals surface area contributed by atoms with Crippen LogP contribution in [0.3, 0.4) is 0 Å². The number of allylic oxidation sites excluding steroid dienone is 3. The molecule has 3 N–H and O–H groups in total. The van der Waals surface area contributed by atoms with Crippen LogP contribution in [-0.2, 0) is 14.3 Å². The highest BCUT2D eigenvalue weighted by atomic mass is 35.5. The fourth-order valence-corrected chi connectivity index (χ4v) is 4.93. The van der Waals surface area contributed by atoms with Gasteiger partial charge in [-0.15, -0.1) is 0 Å². The Morgan fingerprint density at radius 3 is 2.72 bits per heavy atom. The van der Waals surface area contributed by atoms with Gasteiger partial charge in [0.25, 0.3) is 5.91 Å². The lowest BCUT2D eigenvalue weighted by atomic mass is 9.70. The Bertz CT molecular complexity index is 1370. The molecular formula is C26H22Cl3N3O4. The van der Waals surface area contributed by atoms with Crippen molar-refractivity contribution in [1.82, 2.24) is 0 Å². The number of nitrogens with zero attached hydrogens (tertiary/aromatic N) is 1. The van der Waals surface area contributed by atoms with Crippen LogP contribution in [0.1, 0.15) is 38.2 Å². The predicted molar refractivity (Wildman–Crippen MR) is 138 cm³/mol. The summed E-state index contributed by atoms with van der Waals surface area (Å²) < 4.78 is 11.6. The quantitative estimate of drug-likeness (QED) is 0.467. The van der Waals surface area contributed by atoms with Gasteiger partial charge in [0.05, 0.1) is 21.7 Å². The van der Waals surface area contributed by atoms with Crippen LogP contribution >= 0.6 is 34.8 Å². The second-order valence-corrected chi connectivity index (χ2v) is 10.5. The van der Waals surface area contributed by atoms with E-state index in [4.69, 9.17) is 50.0 Å². The van der Waals surface area contributed by atoms with Crippen LogP contribution in [0.5, 0.6) is 5.75 Å². The van der Waals surface area contributed by atoms with E-state index < -0.39 is 11.8 Å². The first-order chi connectivity index (χ1) is 17.0. The minimum atomic E-state index is -0.846. The Kier molecular flexibility index (Phi) is 7.24.